The molecule has 43 heavy (non-hydrogen) atoms. The largest absolute Gasteiger partial charge is 0.419 e. The van der Waals surface area contributed by atoms with Crippen molar-refractivity contribution in [2.75, 3.05) is 5.32 Å². The van der Waals surface area contributed by atoms with Crippen molar-refractivity contribution in [3.05, 3.63) is 65.8 Å². The van der Waals surface area contributed by atoms with Gasteiger partial charge in [-0.2, -0.15) is 18.3 Å². The first-order valence-corrected chi connectivity index (χ1v) is 13.4. The molecule has 14 heteroatoms. The van der Waals surface area contributed by atoms with Crippen molar-refractivity contribution in [3.8, 4) is 11.3 Å². The number of piperidine rings is 1. The van der Waals surface area contributed by atoms with E-state index in [0.29, 0.717) is 40.5 Å². The molecule has 1 unspecified atom stereocenters. The molecule has 0 spiro atoms. The lowest BCUT2D eigenvalue weighted by Gasteiger charge is -2.27. The van der Waals surface area contributed by atoms with Crippen LogP contribution in [0.2, 0.25) is 0 Å². The Morgan fingerprint density at radius 1 is 1.09 bits per heavy atom. The number of pyridine rings is 1. The summed E-state index contributed by atoms with van der Waals surface area (Å²) >= 11 is 0. The van der Waals surface area contributed by atoms with Crippen LogP contribution in [0.5, 0.6) is 0 Å². The summed E-state index contributed by atoms with van der Waals surface area (Å²) < 4.78 is 55.5. The molecule has 0 bridgehead atoms. The van der Waals surface area contributed by atoms with Gasteiger partial charge in [0, 0.05) is 36.3 Å². The summed E-state index contributed by atoms with van der Waals surface area (Å²) in [6.45, 7) is 4.68. The van der Waals surface area contributed by atoms with Crippen LogP contribution in [-0.4, -0.2) is 59.3 Å². The van der Waals surface area contributed by atoms with E-state index >= 15 is 0 Å². The standard InChI is InChI=1S/C29H25F4N7O3/c1-14(41)26-17-7-20(16-10-34-15(2)35-11-16)36-12-22(17)39(38-26)13-24(42)40-21(8-28(3)9-23(28)40)27(43)37-19-6-4-5-18(25(19)30)29(31,32)33/h4-7,10-12,21,23H,8-9,13H2,1-3H3,(H,37,43)/t21-,23?,28-/m0/s1. The zero-order chi connectivity index (χ0) is 30.8. The molecule has 1 aromatic carbocycles. The number of hydrogen-bond donors (Lipinski definition) is 1. The fourth-order valence-corrected chi connectivity index (χ4v) is 5.77. The van der Waals surface area contributed by atoms with Gasteiger partial charge in [0.15, 0.2) is 11.6 Å². The van der Waals surface area contributed by atoms with Crippen molar-refractivity contribution in [1.29, 1.82) is 0 Å². The third-order valence-electron chi connectivity index (χ3n) is 8.12. The summed E-state index contributed by atoms with van der Waals surface area (Å²) in [5.74, 6) is -2.61. The van der Waals surface area contributed by atoms with Gasteiger partial charge in [-0.1, -0.05) is 13.0 Å². The van der Waals surface area contributed by atoms with E-state index in [1.165, 1.54) is 22.7 Å². The summed E-state index contributed by atoms with van der Waals surface area (Å²) in [4.78, 5) is 53.6. The highest BCUT2D eigenvalue weighted by atomic mass is 19.4. The number of ketones is 1. The van der Waals surface area contributed by atoms with Crippen LogP contribution < -0.4 is 5.32 Å². The van der Waals surface area contributed by atoms with Crippen LogP contribution in [0, 0.1) is 18.2 Å². The van der Waals surface area contributed by atoms with Crippen LogP contribution in [0.1, 0.15) is 48.6 Å². The van der Waals surface area contributed by atoms with Gasteiger partial charge < -0.3 is 10.2 Å². The highest BCUT2D eigenvalue weighted by Crippen LogP contribution is 2.59. The minimum atomic E-state index is -4.94. The highest BCUT2D eigenvalue weighted by molar-refractivity contribution is 6.05. The van der Waals surface area contributed by atoms with E-state index < -0.39 is 41.1 Å². The first-order valence-electron chi connectivity index (χ1n) is 13.4. The van der Waals surface area contributed by atoms with Gasteiger partial charge in [-0.25, -0.2) is 14.4 Å². The van der Waals surface area contributed by atoms with Crippen LogP contribution in [-0.2, 0) is 22.3 Å². The van der Waals surface area contributed by atoms with Crippen molar-refractivity contribution in [3.63, 3.8) is 0 Å². The molecular formula is C29H25F4N7O3. The Kier molecular flexibility index (Phi) is 6.54. The van der Waals surface area contributed by atoms with E-state index in [1.807, 2.05) is 6.92 Å². The maximum Gasteiger partial charge on any atom is 0.419 e. The number of benzene rings is 1. The molecule has 1 aliphatic heterocycles. The second-order valence-electron chi connectivity index (χ2n) is 11.2. The van der Waals surface area contributed by atoms with Gasteiger partial charge in [-0.15, -0.1) is 0 Å². The van der Waals surface area contributed by atoms with Gasteiger partial charge >= 0.3 is 6.18 Å². The van der Waals surface area contributed by atoms with E-state index in [4.69, 9.17) is 0 Å². The van der Waals surface area contributed by atoms with Crippen molar-refractivity contribution in [2.24, 2.45) is 5.41 Å². The highest BCUT2D eigenvalue weighted by Gasteiger charge is 2.64. The number of fused-ring (bicyclic) bond motifs is 2. The van der Waals surface area contributed by atoms with E-state index in [0.717, 1.165) is 12.1 Å². The number of carbonyl (C=O) groups is 3. The molecular weight excluding hydrogens is 570 g/mol. The number of aromatic nitrogens is 5. The van der Waals surface area contributed by atoms with Crippen LogP contribution in [0.25, 0.3) is 22.2 Å². The first-order chi connectivity index (χ1) is 20.3. The van der Waals surface area contributed by atoms with Gasteiger partial charge in [0.2, 0.25) is 11.8 Å². The number of nitrogens with zero attached hydrogens (tertiary/aromatic N) is 6. The number of amides is 2. The molecule has 2 amide bonds. The van der Waals surface area contributed by atoms with Crippen molar-refractivity contribution < 1.29 is 31.9 Å². The molecule has 1 saturated heterocycles. The zero-order valence-corrected chi connectivity index (χ0v) is 23.2. The third kappa shape index (κ3) is 5.00. The average Bonchev–Trinajstić information content (AvgIpc) is 3.31. The van der Waals surface area contributed by atoms with Crippen LogP contribution >= 0.6 is 0 Å². The van der Waals surface area contributed by atoms with Crippen molar-refractivity contribution in [1.82, 2.24) is 29.6 Å². The predicted molar refractivity (Wildman–Crippen MR) is 145 cm³/mol. The van der Waals surface area contributed by atoms with Crippen LogP contribution in [0.15, 0.2) is 42.9 Å². The minimum Gasteiger partial charge on any atom is -0.325 e. The lowest BCUT2D eigenvalue weighted by atomic mass is 10.0. The molecule has 2 fully saturated rings. The number of alkyl halides is 3. The van der Waals surface area contributed by atoms with Gasteiger partial charge in [0.25, 0.3) is 0 Å². The van der Waals surface area contributed by atoms with Gasteiger partial charge in [-0.3, -0.25) is 24.0 Å². The van der Waals surface area contributed by atoms with Gasteiger partial charge in [0.05, 0.1) is 28.7 Å². The number of hydrogen-bond acceptors (Lipinski definition) is 7. The first kappa shape index (κ1) is 28.4. The fraction of sp³-hybridized carbons (Fsp3) is 0.345. The molecule has 4 heterocycles. The maximum atomic E-state index is 14.6. The molecule has 1 aliphatic carbocycles. The summed E-state index contributed by atoms with van der Waals surface area (Å²) in [5.41, 5.74) is -0.796. The summed E-state index contributed by atoms with van der Waals surface area (Å²) in [6, 6.07) is 2.98. The smallest absolute Gasteiger partial charge is 0.325 e. The SMILES string of the molecule is CC(=O)c1nn(CC(=O)N2C3C[C@]3(C)C[C@H]2C(=O)Nc2cccc(C(F)(F)F)c2F)c2cnc(-c3cnc(C)nc3)cc12. The fourth-order valence-electron chi connectivity index (χ4n) is 5.77. The quantitative estimate of drug-likeness (QED) is 0.256. The maximum absolute atomic E-state index is 14.6. The second kappa shape index (κ2) is 9.92. The molecule has 1 N–H and O–H groups in total. The monoisotopic (exact) mass is 595 g/mol. The number of halogens is 4. The normalized spacial score (nSPS) is 21.1. The lowest BCUT2D eigenvalue weighted by Crippen LogP contribution is -2.46. The van der Waals surface area contributed by atoms with Crippen LogP contribution in [0.3, 0.4) is 0 Å². The molecule has 222 valence electrons. The molecule has 6 rings (SSSR count). The Morgan fingerprint density at radius 3 is 2.49 bits per heavy atom. The van der Waals surface area contributed by atoms with Gasteiger partial charge in [-0.05, 0) is 43.4 Å². The Morgan fingerprint density at radius 2 is 1.81 bits per heavy atom. The van der Waals surface area contributed by atoms with Crippen molar-refractivity contribution in [2.45, 2.75) is 58.4 Å². The second-order valence-corrected chi connectivity index (χ2v) is 11.2. The zero-order valence-electron chi connectivity index (χ0n) is 23.2. The topological polar surface area (TPSA) is 123 Å². The van der Waals surface area contributed by atoms with Gasteiger partial charge in [0.1, 0.15) is 24.1 Å². The van der Waals surface area contributed by atoms with E-state index in [9.17, 15) is 31.9 Å². The third-order valence-corrected chi connectivity index (χ3v) is 8.12. The molecule has 1 saturated carbocycles. The predicted octanol–water partition coefficient (Wildman–Crippen LogP) is 4.58. The number of likely N-dealkylation sites (tertiary alicyclic amines) is 1. The number of aryl methyl sites for hydroxylation is 1. The van der Waals surface area contributed by atoms with E-state index in [1.54, 1.807) is 25.4 Å². The Labute approximate surface area is 242 Å². The van der Waals surface area contributed by atoms with E-state index in [2.05, 4.69) is 25.4 Å². The van der Waals surface area contributed by atoms with Crippen molar-refractivity contribution >= 4 is 34.2 Å². The molecule has 4 aromatic rings. The average molecular weight is 596 g/mol. The number of nitrogens with one attached hydrogen (secondary N) is 1. The van der Waals surface area contributed by atoms with Crippen LogP contribution in [0.4, 0.5) is 23.2 Å². The molecule has 10 nitrogen and oxygen atoms in total. The number of Topliss-reactive ketones (excluding diaryl/α,β-unsaturated/α-hetero) is 1. The lowest BCUT2D eigenvalue weighted by molar-refractivity contribution is -0.140. The summed E-state index contributed by atoms with van der Waals surface area (Å²) in [7, 11) is 0. The Balaban J connectivity index is 1.28. The molecule has 0 radical (unpaired) electrons. The molecule has 3 aromatic heterocycles. The number of rotatable bonds is 6. The summed E-state index contributed by atoms with van der Waals surface area (Å²) in [5, 5.41) is 7.10. The Bertz CT molecular complexity index is 1800. The molecule has 3 atom stereocenters. The Hall–Kier alpha value is -4.75. The minimum absolute atomic E-state index is 0.131. The summed E-state index contributed by atoms with van der Waals surface area (Å²) in [6.07, 6.45) is 0.663. The van der Waals surface area contributed by atoms with E-state index in [-0.39, 0.29) is 35.9 Å². The number of anilines is 1. The number of carbonyl (C=O) groups excluding carboxylic acids is 3. The molecule has 2 aliphatic rings.